The van der Waals surface area contributed by atoms with E-state index < -0.39 is 36.8 Å². The van der Waals surface area contributed by atoms with Gasteiger partial charge < -0.3 is 0 Å². The maximum atomic E-state index is 5.30. The van der Waals surface area contributed by atoms with Gasteiger partial charge in [-0.3, -0.25) is 0 Å². The van der Waals surface area contributed by atoms with Crippen LogP contribution in [0.2, 0.25) is 29.6 Å². The van der Waals surface area contributed by atoms with Crippen LogP contribution in [0.25, 0.3) is 69.5 Å². The zero-order chi connectivity index (χ0) is 26.8. The van der Waals surface area contributed by atoms with Gasteiger partial charge in [-0.05, 0) is 0 Å². The van der Waals surface area contributed by atoms with Crippen molar-refractivity contribution in [1.82, 2.24) is 10.3 Å². The van der Waals surface area contributed by atoms with Crippen LogP contribution in [0, 0.1) is 0 Å². The van der Waals surface area contributed by atoms with Crippen LogP contribution in [0.15, 0.2) is 41.0 Å². The van der Waals surface area contributed by atoms with E-state index in [0.29, 0.717) is 0 Å². The van der Waals surface area contributed by atoms with Gasteiger partial charge in [-0.1, -0.05) is 0 Å². The van der Waals surface area contributed by atoms with Crippen LogP contribution in [0.1, 0.15) is 0 Å². The molecule has 0 aliphatic heterocycles. The number of fused-ring (bicyclic) bond motifs is 8. The van der Waals surface area contributed by atoms with Crippen molar-refractivity contribution in [2.45, 2.75) is 29.6 Å². The van der Waals surface area contributed by atoms with E-state index in [1.807, 2.05) is 68.0 Å². The van der Waals surface area contributed by atoms with Crippen molar-refractivity contribution >= 4 is 161 Å². The molecule has 39 heavy (non-hydrogen) atoms. The molecule has 0 atom stereocenters. The molecule has 11 heteroatoms. The van der Waals surface area contributed by atoms with Crippen molar-refractivity contribution in [3.8, 4) is 19.5 Å². The summed E-state index contributed by atoms with van der Waals surface area (Å²) >= 11 is 7.57. The number of nitrogens with zero attached hydrogens (tertiary/aromatic N) is 2. The molecule has 7 aromatic heterocycles. The number of rotatable bonds is 4. The molecule has 8 rings (SSSR count). The Morgan fingerprint density at radius 1 is 0.487 bits per heavy atom. The second-order valence-corrected chi connectivity index (χ2v) is 49.3. The summed E-state index contributed by atoms with van der Waals surface area (Å²) in [6.45, 7) is 0. The Hall–Kier alpha value is -0.543. The van der Waals surface area contributed by atoms with Gasteiger partial charge in [0, 0.05) is 0 Å². The second-order valence-electron chi connectivity index (χ2n) is 12.1. The van der Waals surface area contributed by atoms with E-state index >= 15 is 0 Å². The molecule has 0 saturated carbocycles. The van der Waals surface area contributed by atoms with Gasteiger partial charge in [0.05, 0.1) is 0 Å². The summed E-state index contributed by atoms with van der Waals surface area (Å²) < 4.78 is 16.9. The second kappa shape index (κ2) is 8.98. The first-order chi connectivity index (χ1) is 18.5. The number of hydrogen-bond donors (Lipinski definition) is 0. The minimum atomic E-state index is -2.05. The summed E-state index contributed by atoms with van der Waals surface area (Å²) in [7, 11) is 0. The number of benzene rings is 1. The van der Waals surface area contributed by atoms with Gasteiger partial charge in [0.25, 0.3) is 0 Å². The minimum absolute atomic E-state index is 0.876. The van der Waals surface area contributed by atoms with Crippen LogP contribution < -0.4 is 5.79 Å². The Bertz CT molecular complexity index is 2000. The molecule has 8 aromatic rings. The molecule has 7 heterocycles. The summed E-state index contributed by atoms with van der Waals surface area (Å²) in [5.41, 5.74) is 1.75. The molecule has 196 valence electrons. The maximum absolute atomic E-state index is 5.30. The molecular weight excluding hydrogens is 810 g/mol. The van der Waals surface area contributed by atoms with Gasteiger partial charge in [0.1, 0.15) is 0 Å². The molecule has 0 N–H and O–H groups in total. The predicted octanol–water partition coefficient (Wildman–Crippen LogP) is 10.6. The Morgan fingerprint density at radius 2 is 0.872 bits per heavy atom. The first-order valence-electron chi connectivity index (χ1n) is 12.7. The monoisotopic (exact) mass is 836 g/mol. The van der Waals surface area contributed by atoms with E-state index in [4.69, 9.17) is 4.63 Å². The van der Waals surface area contributed by atoms with Crippen LogP contribution in [-0.2, 0) is 0 Å². The molecule has 3 nitrogen and oxygen atoms in total. The van der Waals surface area contributed by atoms with E-state index in [9.17, 15) is 0 Å². The van der Waals surface area contributed by atoms with Crippen molar-refractivity contribution in [1.29, 1.82) is 0 Å². The average molecular weight is 834 g/mol. The number of thiophene rings is 6. The van der Waals surface area contributed by atoms with Gasteiger partial charge in [0.15, 0.2) is 0 Å². The summed E-state index contributed by atoms with van der Waals surface area (Å²) in [5.74, 6) is 0. The zero-order valence-electron chi connectivity index (χ0n) is 22.2. The quantitative estimate of drug-likeness (QED) is 0.166. The van der Waals surface area contributed by atoms with Crippen molar-refractivity contribution in [2.24, 2.45) is 0 Å². The molecule has 0 saturated heterocycles. The Kier molecular flexibility index (Phi) is 6.01. The molecule has 0 amide bonds. The Labute approximate surface area is 257 Å². The third kappa shape index (κ3) is 4.23. The SMILES string of the molecule is [CH3][Sn]([CH3])([CH3])[c]1cc2sc(-c3cc4c5nonc5c5cc(-c6cc7s[c]([Sn]([CH3])([CH3])[CH3])cc7s6)sc5c4s3)cc2s1. The fourth-order valence-corrected chi connectivity index (χ4v) is 23.5. The molecule has 0 radical (unpaired) electrons. The molecule has 0 spiro atoms. The first kappa shape index (κ1) is 26.1. The van der Waals surface area contributed by atoms with Crippen molar-refractivity contribution in [3.63, 3.8) is 0 Å². The summed E-state index contributed by atoms with van der Waals surface area (Å²) in [4.78, 5) is 20.3. The molecule has 0 unspecified atom stereocenters. The molecule has 0 aliphatic carbocycles. The number of hydrogen-bond acceptors (Lipinski definition) is 9. The normalized spacial score (nSPS) is 13.4. The molecule has 0 fully saturated rings. The zero-order valence-corrected chi connectivity index (χ0v) is 32.8. The van der Waals surface area contributed by atoms with E-state index in [2.05, 4.69) is 76.3 Å². The Morgan fingerprint density at radius 3 is 1.26 bits per heavy atom. The van der Waals surface area contributed by atoms with Crippen LogP contribution in [0.5, 0.6) is 0 Å². The third-order valence-electron chi connectivity index (χ3n) is 7.05. The fourth-order valence-electron chi connectivity index (χ4n) is 4.91. The average Bonchev–Trinajstić information content (AvgIpc) is 3.64. The number of aromatic nitrogens is 2. The van der Waals surface area contributed by atoms with Crippen LogP contribution in [0.3, 0.4) is 0 Å². The summed E-state index contributed by atoms with van der Waals surface area (Å²) in [5, 5.41) is 11.0. The van der Waals surface area contributed by atoms with Crippen LogP contribution >= 0.6 is 68.0 Å². The van der Waals surface area contributed by atoms with E-state index in [0.717, 1.165) is 21.8 Å². The molecule has 0 aliphatic rings. The van der Waals surface area contributed by atoms with Gasteiger partial charge in [-0.25, -0.2) is 0 Å². The van der Waals surface area contributed by atoms with E-state index in [-0.39, 0.29) is 0 Å². The summed E-state index contributed by atoms with van der Waals surface area (Å²) in [6, 6.07) is 14.4. The molecule has 1 aromatic carbocycles. The molecule has 0 bridgehead atoms. The molecular formula is C28H24N2OS6Sn2. The fraction of sp³-hybridized carbons (Fsp3) is 0.214. The van der Waals surface area contributed by atoms with Gasteiger partial charge >= 0.3 is 261 Å². The van der Waals surface area contributed by atoms with Crippen molar-refractivity contribution in [2.75, 3.05) is 0 Å². The standard InChI is InChI=1S/C22H6N2OS6.6CH3.2Sn/c1-3-26-13-7-17(28-11(1)13)15-5-9-19-20(24-25-23-19)10-6-16(31-22(10)21(9)30-15)18-8-14-12(29-18)2-4-27-14;;;;;;;;/h1-2,5-8H;6*1H3;;. The van der Waals surface area contributed by atoms with Crippen molar-refractivity contribution in [3.05, 3.63) is 36.4 Å². The van der Waals surface area contributed by atoms with Gasteiger partial charge in [-0.2, -0.15) is 0 Å². The van der Waals surface area contributed by atoms with Crippen molar-refractivity contribution < 1.29 is 4.63 Å². The van der Waals surface area contributed by atoms with Crippen LogP contribution in [0.4, 0.5) is 0 Å². The topological polar surface area (TPSA) is 38.9 Å². The Balaban J connectivity index is 1.28. The van der Waals surface area contributed by atoms with Crippen LogP contribution in [-0.4, -0.2) is 47.1 Å². The summed E-state index contributed by atoms with van der Waals surface area (Å²) in [6.07, 6.45) is 0. The first-order valence-corrected chi connectivity index (χ1v) is 37.6. The predicted molar refractivity (Wildman–Crippen MR) is 186 cm³/mol. The van der Waals surface area contributed by atoms with E-state index in [1.54, 1.807) is 5.79 Å². The van der Waals surface area contributed by atoms with Gasteiger partial charge in [-0.15, -0.1) is 0 Å². The third-order valence-corrected chi connectivity index (χ3v) is 33.3. The van der Waals surface area contributed by atoms with Gasteiger partial charge in [0.2, 0.25) is 0 Å². The van der Waals surface area contributed by atoms with E-state index in [1.165, 1.54) is 47.7 Å².